The van der Waals surface area contributed by atoms with Gasteiger partial charge in [0.15, 0.2) is 0 Å². The van der Waals surface area contributed by atoms with Crippen molar-refractivity contribution >= 4 is 45.2 Å². The van der Waals surface area contributed by atoms with E-state index in [4.69, 9.17) is 0 Å². The van der Waals surface area contributed by atoms with Crippen LogP contribution in [0.15, 0.2) is 12.2 Å². The maximum atomic E-state index is 2.46. The summed E-state index contributed by atoms with van der Waals surface area (Å²) in [6.07, 6.45) is 6.14. The van der Waals surface area contributed by atoms with Gasteiger partial charge in [-0.1, -0.05) is 57.3 Å². The van der Waals surface area contributed by atoms with E-state index in [1.54, 1.807) is 0 Å². The van der Waals surface area contributed by atoms with Gasteiger partial charge in [0.05, 0.1) is 0 Å². The number of halogens is 2. The van der Waals surface area contributed by atoms with E-state index in [1.807, 2.05) is 0 Å². The van der Waals surface area contributed by atoms with Crippen LogP contribution < -0.4 is 0 Å². The number of hydrogen-bond donors (Lipinski definition) is 0. The van der Waals surface area contributed by atoms with E-state index in [9.17, 15) is 0 Å². The van der Waals surface area contributed by atoms with Gasteiger partial charge in [-0.3, -0.25) is 0 Å². The highest BCUT2D eigenvalue weighted by molar-refractivity contribution is 14.1. The first kappa shape index (κ1) is 8.30. The van der Waals surface area contributed by atoms with E-state index < -0.39 is 0 Å². The summed E-state index contributed by atoms with van der Waals surface area (Å²) in [4.78, 5) is 0. The Balaban J connectivity index is 2.31. The summed E-state index contributed by atoms with van der Waals surface area (Å²) in [5.74, 6) is 1.76. The van der Waals surface area contributed by atoms with Gasteiger partial charge in [-0.15, -0.1) is 0 Å². The van der Waals surface area contributed by atoms with E-state index in [1.165, 1.54) is 15.3 Å². The number of allylic oxidation sites excluding steroid dienone is 2. The van der Waals surface area contributed by atoms with Crippen LogP contribution in [0.2, 0.25) is 0 Å². The minimum Gasteiger partial charge on any atom is -0.0857 e. The lowest BCUT2D eigenvalue weighted by atomic mass is 10.1. The molecule has 0 N–H and O–H groups in total. The van der Waals surface area contributed by atoms with Crippen molar-refractivity contribution in [1.82, 2.24) is 0 Å². The van der Waals surface area contributed by atoms with Crippen molar-refractivity contribution in [3.63, 3.8) is 0 Å². The van der Waals surface area contributed by atoms with Crippen LogP contribution in [0.1, 0.15) is 6.42 Å². The van der Waals surface area contributed by atoms with E-state index >= 15 is 0 Å². The van der Waals surface area contributed by atoms with Crippen LogP contribution in [0.25, 0.3) is 0 Å². The summed E-state index contributed by atoms with van der Waals surface area (Å²) < 4.78 is 2.59. The second-order valence-corrected chi connectivity index (χ2v) is 4.21. The molecule has 2 atom stereocenters. The molecule has 0 bridgehead atoms. The molecule has 9 heavy (non-hydrogen) atoms. The second-order valence-electron chi connectivity index (χ2n) is 2.45. The molecule has 0 fully saturated rings. The summed E-state index contributed by atoms with van der Waals surface area (Å²) in [6.45, 7) is 0. The Hall–Kier alpha value is 1.20. The minimum absolute atomic E-state index is 0.880. The van der Waals surface area contributed by atoms with Gasteiger partial charge < -0.3 is 0 Å². The van der Waals surface area contributed by atoms with Crippen LogP contribution in [0, 0.1) is 11.8 Å². The molecule has 0 radical (unpaired) electrons. The lowest BCUT2D eigenvalue weighted by Crippen LogP contribution is -1.99. The molecule has 1 rings (SSSR count). The van der Waals surface area contributed by atoms with Crippen molar-refractivity contribution in [1.29, 1.82) is 0 Å². The Bertz CT molecular complexity index is 97.5. The second kappa shape index (κ2) is 4.16. The highest BCUT2D eigenvalue weighted by Crippen LogP contribution is 2.26. The van der Waals surface area contributed by atoms with Gasteiger partial charge >= 0.3 is 0 Å². The molecule has 0 heterocycles. The Kier molecular flexibility index (Phi) is 3.83. The van der Waals surface area contributed by atoms with E-state index in [2.05, 4.69) is 57.3 Å². The fourth-order valence-corrected chi connectivity index (χ4v) is 2.40. The standard InChI is InChI=1S/C7H10I2/c8-4-6-1-2-7(3-6)5-9/h1-2,6-7H,3-5H2. The SMILES string of the molecule is ICC1C=CC(CI)C1. The van der Waals surface area contributed by atoms with Crippen LogP contribution in [-0.2, 0) is 0 Å². The van der Waals surface area contributed by atoms with Gasteiger partial charge in [-0.2, -0.15) is 0 Å². The first-order valence-corrected chi connectivity index (χ1v) is 6.22. The zero-order valence-electron chi connectivity index (χ0n) is 5.19. The average molecular weight is 348 g/mol. The molecule has 0 nitrogen and oxygen atoms in total. The molecule has 0 aliphatic heterocycles. The number of hydrogen-bond acceptors (Lipinski definition) is 0. The van der Waals surface area contributed by atoms with Crippen LogP contribution in [0.5, 0.6) is 0 Å². The van der Waals surface area contributed by atoms with Crippen molar-refractivity contribution in [2.45, 2.75) is 6.42 Å². The maximum absolute atomic E-state index is 2.46. The molecule has 52 valence electrons. The Labute approximate surface area is 83.8 Å². The van der Waals surface area contributed by atoms with Crippen LogP contribution >= 0.6 is 45.2 Å². The summed E-state index contributed by atoms with van der Waals surface area (Å²) in [5.41, 5.74) is 0. The van der Waals surface area contributed by atoms with Crippen LogP contribution in [-0.4, -0.2) is 8.86 Å². The molecule has 0 spiro atoms. The lowest BCUT2D eigenvalue weighted by Gasteiger charge is -2.04. The Morgan fingerprint density at radius 3 is 1.78 bits per heavy atom. The van der Waals surface area contributed by atoms with E-state index in [-0.39, 0.29) is 0 Å². The van der Waals surface area contributed by atoms with Gasteiger partial charge in [0.1, 0.15) is 0 Å². The summed E-state index contributed by atoms with van der Waals surface area (Å²) >= 11 is 4.92. The third-order valence-electron chi connectivity index (χ3n) is 1.66. The molecule has 0 aromatic rings. The van der Waals surface area contributed by atoms with Gasteiger partial charge in [0.2, 0.25) is 0 Å². The lowest BCUT2D eigenvalue weighted by molar-refractivity contribution is 0.614. The fraction of sp³-hybridized carbons (Fsp3) is 0.714. The average Bonchev–Trinajstić information content (AvgIpc) is 2.34. The first-order valence-electron chi connectivity index (χ1n) is 3.17. The van der Waals surface area contributed by atoms with Crippen molar-refractivity contribution in [2.24, 2.45) is 11.8 Å². The van der Waals surface area contributed by atoms with E-state index in [0.29, 0.717) is 0 Å². The normalized spacial score (nSPS) is 33.6. The first-order chi connectivity index (χ1) is 4.36. The van der Waals surface area contributed by atoms with Gasteiger partial charge in [-0.25, -0.2) is 0 Å². The van der Waals surface area contributed by atoms with Gasteiger partial charge in [-0.05, 0) is 18.3 Å². The van der Waals surface area contributed by atoms with Crippen molar-refractivity contribution in [3.05, 3.63) is 12.2 Å². The molecule has 1 aliphatic carbocycles. The fourth-order valence-electron chi connectivity index (χ4n) is 1.09. The molecule has 0 saturated carbocycles. The molecule has 0 saturated heterocycles. The van der Waals surface area contributed by atoms with Crippen molar-refractivity contribution in [2.75, 3.05) is 8.86 Å². The zero-order chi connectivity index (χ0) is 6.69. The number of rotatable bonds is 2. The third kappa shape index (κ3) is 2.37. The smallest absolute Gasteiger partial charge is 0.00585 e. The molecular weight excluding hydrogens is 338 g/mol. The molecule has 1 aliphatic rings. The quantitative estimate of drug-likeness (QED) is 0.409. The predicted octanol–water partition coefficient (Wildman–Crippen LogP) is 3.05. The molecule has 2 heteroatoms. The molecule has 2 unspecified atom stereocenters. The highest BCUT2D eigenvalue weighted by Gasteiger charge is 2.15. The minimum atomic E-state index is 0.880. The zero-order valence-corrected chi connectivity index (χ0v) is 9.50. The number of alkyl halides is 2. The Morgan fingerprint density at radius 2 is 1.56 bits per heavy atom. The van der Waals surface area contributed by atoms with Crippen molar-refractivity contribution < 1.29 is 0 Å². The topological polar surface area (TPSA) is 0 Å². The van der Waals surface area contributed by atoms with Crippen LogP contribution in [0.4, 0.5) is 0 Å². The molecule has 0 amide bonds. The summed E-state index contributed by atoms with van der Waals surface area (Å²) in [5, 5.41) is 0. The summed E-state index contributed by atoms with van der Waals surface area (Å²) in [7, 11) is 0. The van der Waals surface area contributed by atoms with Gasteiger partial charge in [0.25, 0.3) is 0 Å². The van der Waals surface area contributed by atoms with Crippen LogP contribution in [0.3, 0.4) is 0 Å². The third-order valence-corrected chi connectivity index (χ3v) is 3.92. The highest BCUT2D eigenvalue weighted by atomic mass is 127. The largest absolute Gasteiger partial charge is 0.0857 e. The van der Waals surface area contributed by atoms with E-state index in [0.717, 1.165) is 11.8 Å². The van der Waals surface area contributed by atoms with Crippen molar-refractivity contribution in [3.8, 4) is 0 Å². The summed E-state index contributed by atoms with van der Waals surface area (Å²) in [6, 6.07) is 0. The Morgan fingerprint density at radius 1 is 1.11 bits per heavy atom. The molecule has 0 aromatic heterocycles. The molecular formula is C7H10I2. The van der Waals surface area contributed by atoms with Gasteiger partial charge in [0, 0.05) is 8.86 Å². The molecule has 0 aromatic carbocycles. The monoisotopic (exact) mass is 348 g/mol. The predicted molar refractivity (Wildman–Crippen MR) is 58.5 cm³/mol. The maximum Gasteiger partial charge on any atom is 0.00585 e.